The molecule has 2 aromatic rings. The van der Waals surface area contributed by atoms with Crippen LogP contribution in [0.5, 0.6) is 0 Å². The molecule has 0 bridgehead atoms. The van der Waals surface area contributed by atoms with Gasteiger partial charge in [0.15, 0.2) is 0 Å². The van der Waals surface area contributed by atoms with E-state index >= 15 is 0 Å². The molecule has 1 aliphatic rings. The molecule has 20 heavy (non-hydrogen) atoms. The van der Waals surface area contributed by atoms with E-state index < -0.39 is 0 Å². The van der Waals surface area contributed by atoms with E-state index in [1.54, 1.807) is 4.80 Å². The van der Waals surface area contributed by atoms with Gasteiger partial charge in [-0.25, -0.2) is 0 Å². The maximum absolute atomic E-state index is 5.31. The molecule has 1 aromatic heterocycles. The number of aromatic nitrogens is 4. The predicted molar refractivity (Wildman–Crippen MR) is 76.3 cm³/mol. The molecule has 0 aliphatic carbocycles. The first-order valence-electron chi connectivity index (χ1n) is 6.74. The summed E-state index contributed by atoms with van der Waals surface area (Å²) in [6.07, 6.45) is 4.08. The Labute approximate surface area is 117 Å². The summed E-state index contributed by atoms with van der Waals surface area (Å²) in [7, 11) is 0. The molecule has 0 atom stereocenters. The number of hydrogen-bond acceptors (Lipinski definition) is 5. The predicted octanol–water partition coefficient (Wildman–Crippen LogP) is 1.22. The number of nitrogens with zero attached hydrogens (tertiary/aromatic N) is 5. The van der Waals surface area contributed by atoms with E-state index in [0.29, 0.717) is 12.5 Å². The molecule has 0 saturated carbocycles. The minimum Gasteiger partial charge on any atom is -0.378 e. The van der Waals surface area contributed by atoms with Gasteiger partial charge in [0.05, 0.1) is 19.8 Å². The highest BCUT2D eigenvalue weighted by Crippen LogP contribution is 2.07. The molecule has 0 amide bonds. The first-order valence-corrected chi connectivity index (χ1v) is 6.74. The second-order valence-corrected chi connectivity index (χ2v) is 4.56. The van der Waals surface area contributed by atoms with Crippen LogP contribution in [0.3, 0.4) is 0 Å². The van der Waals surface area contributed by atoms with Crippen molar-refractivity contribution in [1.82, 2.24) is 20.2 Å². The van der Waals surface area contributed by atoms with Crippen molar-refractivity contribution in [2.75, 3.05) is 31.2 Å². The number of rotatable bonds is 4. The van der Waals surface area contributed by atoms with Crippen molar-refractivity contribution in [3.05, 3.63) is 42.0 Å². The van der Waals surface area contributed by atoms with Crippen molar-refractivity contribution in [3.8, 4) is 0 Å². The maximum atomic E-state index is 5.31. The fraction of sp³-hybridized carbons (Fsp3) is 0.357. The van der Waals surface area contributed by atoms with Crippen LogP contribution < -0.4 is 4.90 Å². The first-order chi connectivity index (χ1) is 9.92. The molecule has 2 heterocycles. The van der Waals surface area contributed by atoms with Crippen LogP contribution in [-0.2, 0) is 11.3 Å². The maximum Gasteiger partial charge on any atom is 0.266 e. The Bertz CT molecular complexity index is 560. The van der Waals surface area contributed by atoms with Crippen LogP contribution in [0.1, 0.15) is 5.56 Å². The number of allylic oxidation sites excluding steroid dienone is 1. The number of benzene rings is 1. The Hall–Kier alpha value is -2.21. The fourth-order valence-corrected chi connectivity index (χ4v) is 2.05. The van der Waals surface area contributed by atoms with Gasteiger partial charge in [0.25, 0.3) is 5.95 Å². The molecular formula is C14H17N5O. The van der Waals surface area contributed by atoms with E-state index in [2.05, 4.69) is 38.5 Å². The Morgan fingerprint density at radius 2 is 1.95 bits per heavy atom. The van der Waals surface area contributed by atoms with Crippen LogP contribution in [0, 0.1) is 0 Å². The highest BCUT2D eigenvalue weighted by atomic mass is 16.5. The molecule has 0 N–H and O–H groups in total. The number of ether oxygens (including phenoxy) is 1. The molecule has 0 radical (unpaired) electrons. The van der Waals surface area contributed by atoms with Gasteiger partial charge in [-0.05, 0) is 10.8 Å². The van der Waals surface area contributed by atoms with Gasteiger partial charge in [0.2, 0.25) is 0 Å². The lowest BCUT2D eigenvalue weighted by Gasteiger charge is -2.24. The molecule has 3 rings (SSSR count). The van der Waals surface area contributed by atoms with Crippen molar-refractivity contribution < 1.29 is 4.74 Å². The molecular weight excluding hydrogens is 254 g/mol. The largest absolute Gasteiger partial charge is 0.378 e. The van der Waals surface area contributed by atoms with E-state index in [4.69, 9.17) is 4.74 Å². The van der Waals surface area contributed by atoms with Crippen molar-refractivity contribution in [2.24, 2.45) is 0 Å². The number of morpholine rings is 1. The summed E-state index contributed by atoms with van der Waals surface area (Å²) >= 11 is 0. The van der Waals surface area contributed by atoms with Crippen molar-refractivity contribution >= 4 is 12.0 Å². The van der Waals surface area contributed by atoms with Gasteiger partial charge in [0.1, 0.15) is 0 Å². The Kier molecular flexibility index (Phi) is 4.03. The summed E-state index contributed by atoms with van der Waals surface area (Å²) in [6.45, 7) is 3.72. The topological polar surface area (TPSA) is 56.1 Å². The average Bonchev–Trinajstić information content (AvgIpc) is 2.98. The smallest absolute Gasteiger partial charge is 0.266 e. The SMILES string of the molecule is C(=C\c1ccccc1)/Cn1nnc(N2CCOCC2)n1. The summed E-state index contributed by atoms with van der Waals surface area (Å²) < 4.78 is 5.31. The third-order valence-electron chi connectivity index (χ3n) is 3.11. The Morgan fingerprint density at radius 3 is 2.75 bits per heavy atom. The summed E-state index contributed by atoms with van der Waals surface area (Å²) in [5.41, 5.74) is 1.17. The lowest BCUT2D eigenvalue weighted by molar-refractivity contribution is 0.122. The third kappa shape index (κ3) is 3.21. The molecule has 0 unspecified atom stereocenters. The van der Waals surface area contributed by atoms with Crippen molar-refractivity contribution in [1.29, 1.82) is 0 Å². The van der Waals surface area contributed by atoms with E-state index in [9.17, 15) is 0 Å². The monoisotopic (exact) mass is 271 g/mol. The van der Waals surface area contributed by atoms with Crippen molar-refractivity contribution in [3.63, 3.8) is 0 Å². The molecule has 104 valence electrons. The van der Waals surface area contributed by atoms with Crippen LogP contribution in [0.25, 0.3) is 6.08 Å². The number of tetrazole rings is 1. The Morgan fingerprint density at radius 1 is 1.15 bits per heavy atom. The van der Waals surface area contributed by atoms with E-state index in [0.717, 1.165) is 26.3 Å². The fourth-order valence-electron chi connectivity index (χ4n) is 2.05. The molecule has 1 fully saturated rings. The summed E-state index contributed by atoms with van der Waals surface area (Å²) in [5.74, 6) is 0.682. The van der Waals surface area contributed by atoms with Gasteiger partial charge in [-0.2, -0.15) is 4.80 Å². The third-order valence-corrected chi connectivity index (χ3v) is 3.11. The lowest BCUT2D eigenvalue weighted by Crippen LogP contribution is -2.37. The number of anilines is 1. The van der Waals surface area contributed by atoms with Gasteiger partial charge in [0, 0.05) is 13.1 Å². The van der Waals surface area contributed by atoms with E-state index in [1.165, 1.54) is 5.56 Å². The highest BCUT2D eigenvalue weighted by Gasteiger charge is 2.15. The van der Waals surface area contributed by atoms with E-state index in [1.807, 2.05) is 24.3 Å². The molecule has 6 nitrogen and oxygen atoms in total. The zero-order chi connectivity index (χ0) is 13.6. The Balaban J connectivity index is 1.58. The van der Waals surface area contributed by atoms with Crippen LogP contribution in [-0.4, -0.2) is 46.5 Å². The van der Waals surface area contributed by atoms with Crippen LogP contribution in [0.2, 0.25) is 0 Å². The second kappa shape index (κ2) is 6.29. The first kappa shape index (κ1) is 12.8. The second-order valence-electron chi connectivity index (χ2n) is 4.56. The van der Waals surface area contributed by atoms with E-state index in [-0.39, 0.29) is 0 Å². The quantitative estimate of drug-likeness (QED) is 0.837. The molecule has 1 aliphatic heterocycles. The summed E-state index contributed by atoms with van der Waals surface area (Å²) in [5, 5.41) is 12.5. The van der Waals surface area contributed by atoms with Crippen molar-refractivity contribution in [2.45, 2.75) is 6.54 Å². The van der Waals surface area contributed by atoms with Gasteiger partial charge >= 0.3 is 0 Å². The minimum absolute atomic E-state index is 0.617. The normalized spacial score (nSPS) is 15.9. The van der Waals surface area contributed by atoms with Crippen LogP contribution >= 0.6 is 0 Å². The lowest BCUT2D eigenvalue weighted by atomic mass is 10.2. The molecule has 1 aromatic carbocycles. The van der Waals surface area contributed by atoms with Gasteiger partial charge in [-0.3, -0.25) is 0 Å². The van der Waals surface area contributed by atoms with Crippen LogP contribution in [0.4, 0.5) is 5.95 Å². The zero-order valence-electron chi connectivity index (χ0n) is 11.2. The highest BCUT2D eigenvalue weighted by molar-refractivity contribution is 5.48. The average molecular weight is 271 g/mol. The summed E-state index contributed by atoms with van der Waals surface area (Å²) in [4.78, 5) is 3.69. The zero-order valence-corrected chi connectivity index (χ0v) is 11.2. The molecule has 1 saturated heterocycles. The summed E-state index contributed by atoms with van der Waals surface area (Å²) in [6, 6.07) is 10.2. The standard InChI is InChI=1S/C14H17N5O/c1-2-5-13(6-3-1)7-4-8-19-16-14(15-17-19)18-9-11-20-12-10-18/h1-7H,8-12H2/b7-4+. The molecule has 6 heteroatoms. The minimum atomic E-state index is 0.617. The van der Waals surface area contributed by atoms with Gasteiger partial charge < -0.3 is 9.64 Å². The number of hydrogen-bond donors (Lipinski definition) is 0. The van der Waals surface area contributed by atoms with Crippen LogP contribution in [0.15, 0.2) is 36.4 Å². The van der Waals surface area contributed by atoms with Gasteiger partial charge in [-0.1, -0.05) is 47.6 Å². The van der Waals surface area contributed by atoms with Gasteiger partial charge in [-0.15, -0.1) is 5.10 Å². The molecule has 0 spiro atoms.